The third-order valence-electron chi connectivity index (χ3n) is 4.64. The zero-order valence-electron chi connectivity index (χ0n) is 16.5. The van der Waals surface area contributed by atoms with Crippen LogP contribution in [0.15, 0.2) is 28.0 Å². The quantitative estimate of drug-likeness (QED) is 0.239. The lowest BCUT2D eigenvalue weighted by atomic mass is 10.2. The van der Waals surface area contributed by atoms with E-state index in [-0.39, 0.29) is 29.7 Å². The van der Waals surface area contributed by atoms with Crippen molar-refractivity contribution in [3.63, 3.8) is 0 Å². The summed E-state index contributed by atoms with van der Waals surface area (Å²) in [6.45, 7) is 5.30. The number of benzene rings is 1. The van der Waals surface area contributed by atoms with Gasteiger partial charge >= 0.3 is 5.69 Å². The average Bonchev–Trinajstić information content (AvgIpc) is 3.00. The van der Waals surface area contributed by atoms with E-state index in [4.69, 9.17) is 23.2 Å². The summed E-state index contributed by atoms with van der Waals surface area (Å²) < 4.78 is 3.39. The van der Waals surface area contributed by atoms with Crippen molar-refractivity contribution in [3.05, 3.63) is 50.1 Å². The first-order valence-corrected chi connectivity index (χ1v) is 10.5. The Bertz CT molecular complexity index is 895. The number of nitrogens with one attached hydrogen (secondary N) is 2. The van der Waals surface area contributed by atoms with Crippen molar-refractivity contribution in [3.8, 4) is 0 Å². The Morgan fingerprint density at radius 1 is 1.28 bits per heavy atom. The van der Waals surface area contributed by atoms with Crippen molar-refractivity contribution in [2.75, 3.05) is 13.1 Å². The highest BCUT2D eigenvalue weighted by Gasteiger charge is 2.16. The molecule has 3 rings (SSSR count). The normalized spacial score (nSPS) is 13.6. The van der Waals surface area contributed by atoms with Crippen molar-refractivity contribution in [1.82, 2.24) is 25.0 Å². The smallest absolute Gasteiger partial charge is 0.345 e. The Labute approximate surface area is 197 Å². The van der Waals surface area contributed by atoms with Gasteiger partial charge in [0.2, 0.25) is 0 Å². The maximum atomic E-state index is 12.3. The van der Waals surface area contributed by atoms with Gasteiger partial charge in [-0.05, 0) is 43.9 Å². The maximum Gasteiger partial charge on any atom is 0.345 e. The fourth-order valence-electron chi connectivity index (χ4n) is 3.19. The number of aryl methyl sites for hydroxylation is 2. The zero-order chi connectivity index (χ0) is 19.9. The molecular weight excluding hydrogens is 526 g/mol. The lowest BCUT2D eigenvalue weighted by molar-refractivity contribution is 0.509. The summed E-state index contributed by atoms with van der Waals surface area (Å²) in [7, 11) is 0. The second-order valence-electron chi connectivity index (χ2n) is 6.74. The molecule has 2 aromatic rings. The molecule has 0 radical (unpaired) electrons. The molecule has 29 heavy (non-hydrogen) atoms. The number of rotatable bonds is 7. The van der Waals surface area contributed by atoms with E-state index in [1.807, 2.05) is 13.0 Å². The molecule has 1 aliphatic rings. The van der Waals surface area contributed by atoms with Gasteiger partial charge in [0.25, 0.3) is 0 Å². The first-order valence-electron chi connectivity index (χ1n) is 9.71. The number of fused-ring (bicyclic) bond motifs is 1. The first-order chi connectivity index (χ1) is 13.6. The molecular formula is C19H27Cl2IN6O. The number of hydrogen-bond donors (Lipinski definition) is 2. The number of aromatic nitrogens is 3. The van der Waals surface area contributed by atoms with Gasteiger partial charge in [-0.15, -0.1) is 24.0 Å². The SMILES string of the molecule is CCNC(=NCc1ccc(Cl)cc1Cl)NCCCn1nc2n(c1=O)CCCC2.I. The fraction of sp³-hybridized carbons (Fsp3) is 0.526. The molecule has 2 heterocycles. The van der Waals surface area contributed by atoms with Gasteiger partial charge in [-0.2, -0.15) is 5.10 Å². The Kier molecular flexibility index (Phi) is 9.78. The Balaban J connectivity index is 0.00000300. The van der Waals surface area contributed by atoms with Crippen LogP contribution in [0.4, 0.5) is 0 Å². The lowest BCUT2D eigenvalue weighted by Crippen LogP contribution is -2.38. The predicted molar refractivity (Wildman–Crippen MR) is 129 cm³/mol. The summed E-state index contributed by atoms with van der Waals surface area (Å²) in [4.78, 5) is 16.9. The molecule has 10 heteroatoms. The van der Waals surface area contributed by atoms with Gasteiger partial charge in [0.1, 0.15) is 5.82 Å². The molecule has 0 amide bonds. The van der Waals surface area contributed by atoms with Gasteiger partial charge in [-0.1, -0.05) is 29.3 Å². The molecule has 0 atom stereocenters. The molecule has 0 bridgehead atoms. The molecule has 7 nitrogen and oxygen atoms in total. The van der Waals surface area contributed by atoms with E-state index in [1.54, 1.807) is 21.4 Å². The van der Waals surface area contributed by atoms with Crippen molar-refractivity contribution in [2.45, 2.75) is 52.2 Å². The molecule has 2 N–H and O–H groups in total. The summed E-state index contributed by atoms with van der Waals surface area (Å²) in [6.07, 6.45) is 3.84. The van der Waals surface area contributed by atoms with Crippen LogP contribution < -0.4 is 16.3 Å². The number of nitrogens with zero attached hydrogens (tertiary/aromatic N) is 4. The van der Waals surface area contributed by atoms with Crippen LogP contribution in [0.25, 0.3) is 0 Å². The maximum absolute atomic E-state index is 12.3. The minimum atomic E-state index is 0. The van der Waals surface area contributed by atoms with Crippen LogP contribution in [0.3, 0.4) is 0 Å². The number of halogens is 3. The number of aliphatic imine (C=N–C) groups is 1. The molecule has 0 saturated carbocycles. The Morgan fingerprint density at radius 2 is 2.10 bits per heavy atom. The molecule has 0 aliphatic carbocycles. The van der Waals surface area contributed by atoms with Crippen LogP contribution in [0.1, 0.15) is 37.6 Å². The summed E-state index contributed by atoms with van der Waals surface area (Å²) in [5, 5.41) is 12.2. The van der Waals surface area contributed by atoms with Crippen molar-refractivity contribution >= 4 is 53.1 Å². The van der Waals surface area contributed by atoms with Gasteiger partial charge in [0.05, 0.1) is 6.54 Å². The minimum Gasteiger partial charge on any atom is -0.357 e. The highest BCUT2D eigenvalue weighted by Crippen LogP contribution is 2.21. The van der Waals surface area contributed by atoms with Gasteiger partial charge in [0.15, 0.2) is 5.96 Å². The van der Waals surface area contributed by atoms with Gasteiger partial charge < -0.3 is 10.6 Å². The van der Waals surface area contributed by atoms with Crippen LogP contribution >= 0.6 is 47.2 Å². The monoisotopic (exact) mass is 552 g/mol. The van der Waals surface area contributed by atoms with E-state index in [1.165, 1.54) is 0 Å². The highest BCUT2D eigenvalue weighted by molar-refractivity contribution is 14.0. The van der Waals surface area contributed by atoms with Gasteiger partial charge in [-0.3, -0.25) is 4.57 Å². The minimum absolute atomic E-state index is 0. The lowest BCUT2D eigenvalue weighted by Gasteiger charge is -2.11. The third-order valence-corrected chi connectivity index (χ3v) is 5.22. The van der Waals surface area contributed by atoms with E-state index in [0.29, 0.717) is 35.6 Å². The number of hydrogen-bond acceptors (Lipinski definition) is 3. The van der Waals surface area contributed by atoms with Crippen molar-refractivity contribution in [2.24, 2.45) is 4.99 Å². The van der Waals surface area contributed by atoms with Crippen LogP contribution in [0.2, 0.25) is 10.0 Å². The molecule has 0 spiro atoms. The molecule has 160 valence electrons. The Hall–Kier alpha value is -1.26. The van der Waals surface area contributed by atoms with Crippen LogP contribution in [-0.2, 0) is 26.1 Å². The predicted octanol–water partition coefficient (Wildman–Crippen LogP) is 3.45. The van der Waals surface area contributed by atoms with Gasteiger partial charge in [-0.25, -0.2) is 14.5 Å². The van der Waals surface area contributed by atoms with Crippen molar-refractivity contribution in [1.29, 1.82) is 0 Å². The van der Waals surface area contributed by atoms with E-state index in [9.17, 15) is 4.79 Å². The van der Waals surface area contributed by atoms with Crippen molar-refractivity contribution < 1.29 is 0 Å². The zero-order valence-corrected chi connectivity index (χ0v) is 20.3. The van der Waals surface area contributed by atoms with E-state index >= 15 is 0 Å². The topological polar surface area (TPSA) is 76.2 Å². The van der Waals surface area contributed by atoms with E-state index in [2.05, 4.69) is 20.7 Å². The average molecular weight is 553 g/mol. The second kappa shape index (κ2) is 11.8. The Morgan fingerprint density at radius 3 is 2.83 bits per heavy atom. The summed E-state index contributed by atoms with van der Waals surface area (Å²) in [6, 6.07) is 5.40. The molecule has 0 saturated heterocycles. The molecule has 0 fully saturated rings. The van der Waals surface area contributed by atoms with Crippen LogP contribution in [0.5, 0.6) is 0 Å². The molecule has 1 aliphatic heterocycles. The van der Waals surface area contributed by atoms with E-state index in [0.717, 1.165) is 50.2 Å². The highest BCUT2D eigenvalue weighted by atomic mass is 127. The molecule has 1 aromatic heterocycles. The number of guanidine groups is 1. The largest absolute Gasteiger partial charge is 0.357 e. The summed E-state index contributed by atoms with van der Waals surface area (Å²) >= 11 is 12.1. The fourth-order valence-corrected chi connectivity index (χ4v) is 3.65. The second-order valence-corrected chi connectivity index (χ2v) is 7.59. The van der Waals surface area contributed by atoms with Crippen LogP contribution in [0, 0.1) is 0 Å². The molecule has 1 aromatic carbocycles. The first kappa shape index (κ1) is 24.0. The standard InChI is InChI=1S/C19H26Cl2N6O.HI/c1-2-22-18(24-13-14-7-8-15(20)12-16(14)21)23-9-5-11-27-19(28)26-10-4-3-6-17(26)25-27;/h7-8,12H,2-6,9-11,13H2,1H3,(H2,22,23,24);1H. The van der Waals surface area contributed by atoms with Crippen LogP contribution in [-0.4, -0.2) is 33.4 Å². The molecule has 0 unspecified atom stereocenters. The van der Waals surface area contributed by atoms with Gasteiger partial charge in [0, 0.05) is 42.6 Å². The third kappa shape index (κ3) is 6.62. The van der Waals surface area contributed by atoms with E-state index < -0.39 is 0 Å². The summed E-state index contributed by atoms with van der Waals surface area (Å²) in [5.74, 6) is 1.63. The summed E-state index contributed by atoms with van der Waals surface area (Å²) in [5.41, 5.74) is 0.922.